The molecule has 0 aliphatic rings. The molecule has 3 aromatic rings. The van der Waals surface area contributed by atoms with Gasteiger partial charge in [0.2, 0.25) is 0 Å². The first-order chi connectivity index (χ1) is 9.65. The van der Waals surface area contributed by atoms with Gasteiger partial charge in [0.25, 0.3) is 0 Å². The Morgan fingerprint density at radius 3 is 2.95 bits per heavy atom. The number of nitrogens with zero attached hydrogens (tertiary/aromatic N) is 3. The lowest BCUT2D eigenvalue weighted by Gasteiger charge is -2.09. The van der Waals surface area contributed by atoms with E-state index in [1.54, 1.807) is 12.4 Å². The number of fused-ring (bicyclic) bond motifs is 1. The van der Waals surface area contributed by atoms with Crippen LogP contribution in [-0.2, 0) is 6.54 Å². The second-order valence-corrected chi connectivity index (χ2v) is 4.83. The molecule has 0 amide bonds. The summed E-state index contributed by atoms with van der Waals surface area (Å²) in [7, 11) is 0. The summed E-state index contributed by atoms with van der Waals surface area (Å²) in [6.07, 6.45) is 4.59. The highest BCUT2D eigenvalue weighted by Crippen LogP contribution is 2.23. The van der Waals surface area contributed by atoms with Crippen LogP contribution in [0.4, 0.5) is 5.69 Å². The molecule has 2 aromatic heterocycles. The predicted molar refractivity (Wildman–Crippen MR) is 78.8 cm³/mol. The molecule has 1 aromatic carbocycles. The molecule has 3 rings (SSSR count). The van der Waals surface area contributed by atoms with Crippen LogP contribution in [0.1, 0.15) is 5.56 Å². The number of hydrogen-bond acceptors (Lipinski definition) is 4. The zero-order chi connectivity index (χ0) is 14.1. The van der Waals surface area contributed by atoms with E-state index in [1.807, 2.05) is 24.3 Å². The van der Waals surface area contributed by atoms with Gasteiger partial charge in [0.1, 0.15) is 0 Å². The molecule has 6 heteroatoms. The van der Waals surface area contributed by atoms with Crippen LogP contribution < -0.4 is 11.4 Å². The van der Waals surface area contributed by atoms with Crippen molar-refractivity contribution in [3.8, 4) is 0 Å². The molecule has 5 nitrogen and oxygen atoms in total. The van der Waals surface area contributed by atoms with Crippen molar-refractivity contribution in [3.63, 3.8) is 0 Å². The highest BCUT2D eigenvalue weighted by Gasteiger charge is 2.07. The Bertz CT molecular complexity index is 844. The van der Waals surface area contributed by atoms with Gasteiger partial charge in [-0.1, -0.05) is 17.7 Å². The van der Waals surface area contributed by atoms with Gasteiger partial charge in [0.05, 0.1) is 23.3 Å². The smallest absolute Gasteiger partial charge is 0.347 e. The molecule has 2 heterocycles. The summed E-state index contributed by atoms with van der Waals surface area (Å²) in [5.74, 6) is 0. The van der Waals surface area contributed by atoms with Gasteiger partial charge in [0.15, 0.2) is 0 Å². The second kappa shape index (κ2) is 4.94. The standard InChI is InChI=1S/C14H11ClN4O/c15-10-6-18-14(20)19(8-10)7-9-3-4-12(16)11-2-1-5-17-13(9)11/h1-6,8H,7,16H2. The SMILES string of the molecule is Nc1ccc(Cn2cc(Cl)cnc2=O)c2ncccc12. The molecule has 2 N–H and O–H groups in total. The maximum atomic E-state index is 11.7. The molecule has 0 bridgehead atoms. The molecular formula is C14H11ClN4O. The van der Waals surface area contributed by atoms with Crippen LogP contribution in [0.25, 0.3) is 10.9 Å². The molecule has 0 radical (unpaired) electrons. The molecular weight excluding hydrogens is 276 g/mol. The minimum absolute atomic E-state index is 0.347. The summed E-state index contributed by atoms with van der Waals surface area (Å²) in [5, 5.41) is 1.28. The van der Waals surface area contributed by atoms with Crippen molar-refractivity contribution in [2.24, 2.45) is 0 Å². The third kappa shape index (κ3) is 2.23. The molecule has 0 atom stereocenters. The molecule has 0 fully saturated rings. The van der Waals surface area contributed by atoms with Crippen molar-refractivity contribution >= 4 is 28.2 Å². The summed E-state index contributed by atoms with van der Waals surface area (Å²) < 4.78 is 1.45. The lowest BCUT2D eigenvalue weighted by molar-refractivity contribution is 0.730. The van der Waals surface area contributed by atoms with Gasteiger partial charge in [-0.15, -0.1) is 0 Å². The van der Waals surface area contributed by atoms with E-state index in [9.17, 15) is 4.79 Å². The van der Waals surface area contributed by atoms with E-state index in [0.717, 1.165) is 16.5 Å². The molecule has 20 heavy (non-hydrogen) atoms. The van der Waals surface area contributed by atoms with Crippen molar-refractivity contribution in [1.29, 1.82) is 0 Å². The molecule has 0 aliphatic heterocycles. The van der Waals surface area contributed by atoms with Crippen molar-refractivity contribution in [1.82, 2.24) is 14.5 Å². The highest BCUT2D eigenvalue weighted by atomic mass is 35.5. The number of halogens is 1. The zero-order valence-corrected chi connectivity index (χ0v) is 11.2. The Labute approximate surface area is 119 Å². The Balaban J connectivity index is 2.14. The first-order valence-corrected chi connectivity index (χ1v) is 6.37. The molecule has 0 unspecified atom stereocenters. The van der Waals surface area contributed by atoms with Gasteiger partial charge >= 0.3 is 5.69 Å². The van der Waals surface area contributed by atoms with E-state index in [1.165, 1.54) is 10.8 Å². The average molecular weight is 287 g/mol. The number of hydrogen-bond donors (Lipinski definition) is 1. The largest absolute Gasteiger partial charge is 0.398 e. The van der Waals surface area contributed by atoms with Gasteiger partial charge in [-0.2, -0.15) is 0 Å². The Kier molecular flexibility index (Phi) is 3.12. The fourth-order valence-corrected chi connectivity index (χ4v) is 2.27. The number of nitrogen functional groups attached to an aromatic ring is 1. The molecule has 0 saturated heterocycles. The fraction of sp³-hybridized carbons (Fsp3) is 0.0714. The van der Waals surface area contributed by atoms with E-state index in [4.69, 9.17) is 17.3 Å². The van der Waals surface area contributed by atoms with Gasteiger partial charge in [0, 0.05) is 23.5 Å². The Morgan fingerprint density at radius 2 is 2.10 bits per heavy atom. The maximum Gasteiger partial charge on any atom is 0.347 e. The summed E-state index contributed by atoms with van der Waals surface area (Å²) in [5.41, 5.74) is 7.91. The lowest BCUT2D eigenvalue weighted by Crippen LogP contribution is -2.22. The van der Waals surface area contributed by atoms with Gasteiger partial charge in [-0.3, -0.25) is 9.55 Å². The minimum atomic E-state index is -0.352. The normalized spacial score (nSPS) is 10.8. The molecule has 0 spiro atoms. The quantitative estimate of drug-likeness (QED) is 0.732. The minimum Gasteiger partial charge on any atom is -0.398 e. The van der Waals surface area contributed by atoms with Crippen LogP contribution >= 0.6 is 11.6 Å². The summed E-state index contributed by atoms with van der Waals surface area (Å²) in [6.45, 7) is 0.347. The molecule has 0 saturated carbocycles. The number of aromatic nitrogens is 3. The van der Waals surface area contributed by atoms with E-state index in [2.05, 4.69) is 9.97 Å². The van der Waals surface area contributed by atoms with Crippen LogP contribution in [0, 0.1) is 0 Å². The first-order valence-electron chi connectivity index (χ1n) is 5.99. The third-order valence-electron chi connectivity index (χ3n) is 3.05. The second-order valence-electron chi connectivity index (χ2n) is 4.40. The van der Waals surface area contributed by atoms with Gasteiger partial charge in [-0.25, -0.2) is 9.78 Å². The van der Waals surface area contributed by atoms with Crippen LogP contribution in [-0.4, -0.2) is 14.5 Å². The lowest BCUT2D eigenvalue weighted by atomic mass is 10.1. The van der Waals surface area contributed by atoms with Crippen LogP contribution in [0.15, 0.2) is 47.7 Å². The topological polar surface area (TPSA) is 73.8 Å². The average Bonchev–Trinajstić information content (AvgIpc) is 2.46. The van der Waals surface area contributed by atoms with Crippen molar-refractivity contribution in [2.75, 3.05) is 5.73 Å². The van der Waals surface area contributed by atoms with Crippen molar-refractivity contribution in [3.05, 3.63) is 63.9 Å². The fourth-order valence-electron chi connectivity index (χ4n) is 2.11. The number of pyridine rings is 1. The highest BCUT2D eigenvalue weighted by molar-refractivity contribution is 6.30. The maximum absolute atomic E-state index is 11.7. The third-order valence-corrected chi connectivity index (χ3v) is 3.25. The summed E-state index contributed by atoms with van der Waals surface area (Å²) in [6, 6.07) is 7.40. The first kappa shape index (κ1) is 12.6. The molecule has 100 valence electrons. The Hall–Kier alpha value is -2.40. The van der Waals surface area contributed by atoms with Crippen LogP contribution in [0.2, 0.25) is 5.02 Å². The number of rotatable bonds is 2. The number of benzene rings is 1. The Morgan fingerprint density at radius 1 is 1.25 bits per heavy atom. The summed E-state index contributed by atoms with van der Waals surface area (Å²) in [4.78, 5) is 19.8. The van der Waals surface area contributed by atoms with Crippen molar-refractivity contribution in [2.45, 2.75) is 6.54 Å². The van der Waals surface area contributed by atoms with E-state index in [0.29, 0.717) is 17.3 Å². The monoisotopic (exact) mass is 286 g/mol. The van der Waals surface area contributed by atoms with E-state index < -0.39 is 0 Å². The van der Waals surface area contributed by atoms with Gasteiger partial charge < -0.3 is 5.73 Å². The van der Waals surface area contributed by atoms with E-state index in [-0.39, 0.29) is 5.69 Å². The van der Waals surface area contributed by atoms with Gasteiger partial charge in [-0.05, 0) is 23.8 Å². The zero-order valence-electron chi connectivity index (χ0n) is 10.5. The predicted octanol–water partition coefficient (Wildman–Crippen LogP) is 2.08. The summed E-state index contributed by atoms with van der Waals surface area (Å²) >= 11 is 5.87. The van der Waals surface area contributed by atoms with E-state index >= 15 is 0 Å². The van der Waals surface area contributed by atoms with Crippen molar-refractivity contribution < 1.29 is 0 Å². The number of nitrogens with two attached hydrogens (primary N) is 1. The van der Waals surface area contributed by atoms with Crippen LogP contribution in [0.3, 0.4) is 0 Å². The molecule has 0 aliphatic carbocycles. The number of anilines is 1. The van der Waals surface area contributed by atoms with Crippen LogP contribution in [0.5, 0.6) is 0 Å².